The molecule has 4 heteroatoms. The van der Waals surface area contributed by atoms with Gasteiger partial charge in [0.05, 0.1) is 11.1 Å². The SMILES string of the molecule is CNC(c1ccc(OCCOC)c(Br)c1)C1CC2CC2C1. The summed E-state index contributed by atoms with van der Waals surface area (Å²) in [7, 11) is 3.76. The molecule has 1 N–H and O–H groups in total. The van der Waals surface area contributed by atoms with E-state index in [4.69, 9.17) is 9.47 Å². The minimum atomic E-state index is 0.460. The zero-order valence-electron chi connectivity index (χ0n) is 12.8. The lowest BCUT2D eigenvalue weighted by Gasteiger charge is -2.25. The molecule has 3 atom stereocenters. The Kier molecular flexibility index (Phi) is 4.87. The van der Waals surface area contributed by atoms with Crippen LogP contribution in [-0.2, 0) is 4.74 Å². The third kappa shape index (κ3) is 3.43. The van der Waals surface area contributed by atoms with E-state index in [-0.39, 0.29) is 0 Å². The summed E-state index contributed by atoms with van der Waals surface area (Å²) in [6.45, 7) is 1.19. The number of hydrogen-bond acceptors (Lipinski definition) is 3. The van der Waals surface area contributed by atoms with Crippen LogP contribution in [0.3, 0.4) is 0 Å². The van der Waals surface area contributed by atoms with Crippen LogP contribution < -0.4 is 10.1 Å². The number of ether oxygens (including phenoxy) is 2. The molecule has 1 aromatic carbocycles. The quantitative estimate of drug-likeness (QED) is 0.756. The van der Waals surface area contributed by atoms with Crippen molar-refractivity contribution >= 4 is 15.9 Å². The minimum Gasteiger partial charge on any atom is -0.490 e. The summed E-state index contributed by atoms with van der Waals surface area (Å²) in [6, 6.07) is 6.92. The molecule has 0 amide bonds. The minimum absolute atomic E-state index is 0.460. The fourth-order valence-electron chi connectivity index (χ4n) is 3.77. The van der Waals surface area contributed by atoms with Crippen LogP contribution >= 0.6 is 15.9 Å². The molecule has 21 heavy (non-hydrogen) atoms. The topological polar surface area (TPSA) is 30.5 Å². The lowest BCUT2D eigenvalue weighted by molar-refractivity contribution is 0.146. The van der Waals surface area contributed by atoms with Crippen LogP contribution in [0.15, 0.2) is 22.7 Å². The van der Waals surface area contributed by atoms with Gasteiger partial charge in [-0.25, -0.2) is 0 Å². The standard InChI is InChI=1S/C17H24BrNO2/c1-19-17(14-8-12-7-13(12)9-14)11-3-4-16(15(18)10-11)21-6-5-20-2/h3-4,10,12-14,17,19H,5-9H2,1-2H3. The molecule has 2 aliphatic rings. The Morgan fingerprint density at radius 1 is 1.24 bits per heavy atom. The lowest BCUT2D eigenvalue weighted by Crippen LogP contribution is -2.24. The molecular weight excluding hydrogens is 330 g/mol. The predicted molar refractivity (Wildman–Crippen MR) is 87.6 cm³/mol. The molecular formula is C17H24BrNO2. The average Bonchev–Trinajstić information content (AvgIpc) is 3.09. The average molecular weight is 354 g/mol. The normalized spacial score (nSPS) is 28.2. The van der Waals surface area contributed by atoms with E-state index in [0.29, 0.717) is 19.3 Å². The van der Waals surface area contributed by atoms with Crippen molar-refractivity contribution in [3.63, 3.8) is 0 Å². The van der Waals surface area contributed by atoms with Gasteiger partial charge in [-0.2, -0.15) is 0 Å². The Bertz CT molecular complexity index is 484. The molecule has 0 aromatic heterocycles. The molecule has 3 unspecified atom stereocenters. The zero-order chi connectivity index (χ0) is 14.8. The summed E-state index contributed by atoms with van der Waals surface area (Å²) in [5.74, 6) is 3.71. The summed E-state index contributed by atoms with van der Waals surface area (Å²) in [5.41, 5.74) is 1.36. The summed E-state index contributed by atoms with van der Waals surface area (Å²) >= 11 is 3.63. The number of hydrogen-bond donors (Lipinski definition) is 1. The molecule has 0 heterocycles. The van der Waals surface area contributed by atoms with Crippen molar-refractivity contribution in [2.75, 3.05) is 27.4 Å². The van der Waals surface area contributed by atoms with E-state index < -0.39 is 0 Å². The van der Waals surface area contributed by atoms with Gasteiger partial charge in [-0.1, -0.05) is 6.07 Å². The van der Waals surface area contributed by atoms with Crippen LogP contribution in [0.2, 0.25) is 0 Å². The van der Waals surface area contributed by atoms with Gasteiger partial charge in [0, 0.05) is 13.2 Å². The smallest absolute Gasteiger partial charge is 0.133 e. The molecule has 3 nitrogen and oxygen atoms in total. The number of nitrogens with one attached hydrogen (secondary N) is 1. The molecule has 1 aromatic rings. The number of rotatable bonds is 7. The Hall–Kier alpha value is -0.580. The molecule has 0 spiro atoms. The van der Waals surface area contributed by atoms with Crippen molar-refractivity contribution < 1.29 is 9.47 Å². The second-order valence-electron chi connectivity index (χ2n) is 6.28. The Morgan fingerprint density at radius 3 is 2.62 bits per heavy atom. The molecule has 2 aliphatic carbocycles. The third-order valence-corrected chi connectivity index (χ3v) is 5.54. The van der Waals surface area contributed by atoms with Crippen molar-refractivity contribution in [1.82, 2.24) is 5.32 Å². The second-order valence-corrected chi connectivity index (χ2v) is 7.14. The van der Waals surface area contributed by atoms with Gasteiger partial charge in [0.25, 0.3) is 0 Å². The Labute approximate surface area is 135 Å². The van der Waals surface area contributed by atoms with Crippen LogP contribution in [-0.4, -0.2) is 27.4 Å². The van der Waals surface area contributed by atoms with Crippen molar-refractivity contribution in [2.45, 2.75) is 25.3 Å². The van der Waals surface area contributed by atoms with Gasteiger partial charge in [0.1, 0.15) is 12.4 Å². The molecule has 0 aliphatic heterocycles. The third-order valence-electron chi connectivity index (χ3n) is 4.92. The van der Waals surface area contributed by atoms with Crippen LogP contribution in [0.5, 0.6) is 5.75 Å². The largest absolute Gasteiger partial charge is 0.490 e. The lowest BCUT2D eigenvalue weighted by atomic mass is 9.89. The van der Waals surface area contributed by atoms with E-state index in [1.807, 2.05) is 0 Å². The fraction of sp³-hybridized carbons (Fsp3) is 0.647. The first-order valence-corrected chi connectivity index (χ1v) is 8.60. The highest BCUT2D eigenvalue weighted by Gasteiger charge is 2.47. The number of methoxy groups -OCH3 is 1. The fourth-order valence-corrected chi connectivity index (χ4v) is 4.28. The molecule has 2 fully saturated rings. The first kappa shape index (κ1) is 15.3. The number of fused-ring (bicyclic) bond motifs is 1. The van der Waals surface area contributed by atoms with E-state index >= 15 is 0 Å². The second kappa shape index (κ2) is 6.67. The molecule has 2 saturated carbocycles. The summed E-state index contributed by atoms with van der Waals surface area (Å²) in [6.07, 6.45) is 4.25. The Balaban J connectivity index is 1.67. The van der Waals surface area contributed by atoms with Gasteiger partial charge in [-0.3, -0.25) is 0 Å². The van der Waals surface area contributed by atoms with Gasteiger partial charge in [0.2, 0.25) is 0 Å². The molecule has 0 saturated heterocycles. The van der Waals surface area contributed by atoms with Crippen LogP contribution in [0.25, 0.3) is 0 Å². The maximum Gasteiger partial charge on any atom is 0.133 e. The van der Waals surface area contributed by atoms with E-state index in [0.717, 1.165) is 28.0 Å². The maximum absolute atomic E-state index is 5.70. The molecule has 116 valence electrons. The summed E-state index contributed by atoms with van der Waals surface area (Å²) in [4.78, 5) is 0. The highest BCUT2D eigenvalue weighted by molar-refractivity contribution is 9.10. The van der Waals surface area contributed by atoms with Crippen molar-refractivity contribution in [3.05, 3.63) is 28.2 Å². The van der Waals surface area contributed by atoms with Crippen molar-refractivity contribution in [1.29, 1.82) is 0 Å². The first-order valence-electron chi connectivity index (χ1n) is 7.81. The van der Waals surface area contributed by atoms with Crippen LogP contribution in [0.1, 0.15) is 30.9 Å². The molecule has 0 radical (unpaired) electrons. The number of halogens is 1. The molecule has 0 bridgehead atoms. The van der Waals surface area contributed by atoms with E-state index in [9.17, 15) is 0 Å². The van der Waals surface area contributed by atoms with Gasteiger partial charge < -0.3 is 14.8 Å². The van der Waals surface area contributed by atoms with Crippen LogP contribution in [0.4, 0.5) is 0 Å². The van der Waals surface area contributed by atoms with E-state index in [1.54, 1.807) is 7.11 Å². The van der Waals surface area contributed by atoms with Crippen molar-refractivity contribution in [2.24, 2.45) is 17.8 Å². The van der Waals surface area contributed by atoms with Crippen LogP contribution in [0, 0.1) is 17.8 Å². The van der Waals surface area contributed by atoms with Gasteiger partial charge >= 0.3 is 0 Å². The zero-order valence-corrected chi connectivity index (χ0v) is 14.4. The summed E-state index contributed by atoms with van der Waals surface area (Å²) in [5, 5.41) is 3.52. The maximum atomic E-state index is 5.70. The highest BCUT2D eigenvalue weighted by atomic mass is 79.9. The van der Waals surface area contributed by atoms with Gasteiger partial charge in [-0.05, 0) is 77.7 Å². The van der Waals surface area contributed by atoms with E-state index in [2.05, 4.69) is 46.5 Å². The predicted octanol–water partition coefficient (Wildman–Crippen LogP) is 3.78. The van der Waals surface area contributed by atoms with Gasteiger partial charge in [0.15, 0.2) is 0 Å². The first-order chi connectivity index (χ1) is 10.2. The molecule has 3 rings (SSSR count). The van der Waals surface area contributed by atoms with E-state index in [1.165, 1.54) is 24.8 Å². The highest BCUT2D eigenvalue weighted by Crippen LogP contribution is 2.57. The number of benzene rings is 1. The Morgan fingerprint density at radius 2 is 2.00 bits per heavy atom. The monoisotopic (exact) mass is 353 g/mol. The van der Waals surface area contributed by atoms with Crippen molar-refractivity contribution in [3.8, 4) is 5.75 Å². The summed E-state index contributed by atoms with van der Waals surface area (Å²) < 4.78 is 11.7. The van der Waals surface area contributed by atoms with Gasteiger partial charge in [-0.15, -0.1) is 0 Å².